The summed E-state index contributed by atoms with van der Waals surface area (Å²) < 4.78 is 18.9. The van der Waals surface area contributed by atoms with Gasteiger partial charge < -0.3 is 10.5 Å². The second kappa shape index (κ2) is 7.22. The lowest BCUT2D eigenvalue weighted by atomic mass is 10.2. The minimum atomic E-state index is -0.427. The number of unbranched alkanes of at least 4 members (excludes halogenated alkanes) is 3. The molecular weight excluding hydrogens is 237 g/mol. The molecule has 0 spiro atoms. The number of thiocarbonyl (C=S) groups is 1. The van der Waals surface area contributed by atoms with Gasteiger partial charge in [0.05, 0.1) is 6.61 Å². The van der Waals surface area contributed by atoms with Crippen molar-refractivity contribution < 1.29 is 9.13 Å². The lowest BCUT2D eigenvalue weighted by Crippen LogP contribution is -2.11. The Bertz CT molecular complexity index is 382. The van der Waals surface area contributed by atoms with Crippen LogP contribution in [0, 0.1) is 5.82 Å². The normalized spacial score (nSPS) is 10.2. The SMILES string of the molecule is CCCCCCOc1ccc(C(N)=S)c(F)c1. The summed E-state index contributed by atoms with van der Waals surface area (Å²) in [6.45, 7) is 2.77. The summed E-state index contributed by atoms with van der Waals surface area (Å²) >= 11 is 4.73. The van der Waals surface area contributed by atoms with E-state index in [0.717, 1.165) is 12.8 Å². The van der Waals surface area contributed by atoms with Gasteiger partial charge in [-0.15, -0.1) is 0 Å². The lowest BCUT2D eigenvalue weighted by Gasteiger charge is -2.07. The van der Waals surface area contributed by atoms with Crippen LogP contribution in [0.5, 0.6) is 5.75 Å². The van der Waals surface area contributed by atoms with E-state index >= 15 is 0 Å². The molecule has 2 nitrogen and oxygen atoms in total. The molecule has 1 aromatic carbocycles. The molecule has 0 heterocycles. The van der Waals surface area contributed by atoms with Crippen LogP contribution in [-0.4, -0.2) is 11.6 Å². The van der Waals surface area contributed by atoms with E-state index in [0.29, 0.717) is 12.4 Å². The first-order valence-electron chi connectivity index (χ1n) is 5.87. The molecule has 1 rings (SSSR count). The van der Waals surface area contributed by atoms with E-state index in [1.807, 2.05) is 0 Å². The molecular formula is C13H18FNOS. The van der Waals surface area contributed by atoms with Crippen LogP contribution in [0.1, 0.15) is 38.2 Å². The maximum atomic E-state index is 13.5. The topological polar surface area (TPSA) is 35.2 Å². The lowest BCUT2D eigenvalue weighted by molar-refractivity contribution is 0.303. The Hall–Kier alpha value is -1.16. The Morgan fingerprint density at radius 1 is 1.35 bits per heavy atom. The zero-order valence-corrected chi connectivity index (χ0v) is 10.9. The Morgan fingerprint density at radius 2 is 2.12 bits per heavy atom. The van der Waals surface area contributed by atoms with Crippen molar-refractivity contribution in [2.24, 2.45) is 5.73 Å². The van der Waals surface area contributed by atoms with Crippen molar-refractivity contribution in [3.63, 3.8) is 0 Å². The van der Waals surface area contributed by atoms with Gasteiger partial charge in [0.2, 0.25) is 0 Å². The van der Waals surface area contributed by atoms with Gasteiger partial charge in [-0.3, -0.25) is 0 Å². The molecule has 0 aliphatic rings. The molecule has 0 aromatic heterocycles. The highest BCUT2D eigenvalue weighted by atomic mass is 32.1. The summed E-state index contributed by atoms with van der Waals surface area (Å²) in [6, 6.07) is 4.57. The van der Waals surface area contributed by atoms with E-state index in [-0.39, 0.29) is 10.6 Å². The molecule has 4 heteroatoms. The molecule has 0 aliphatic heterocycles. The second-order valence-electron chi connectivity index (χ2n) is 3.92. The summed E-state index contributed by atoms with van der Waals surface area (Å²) in [6.07, 6.45) is 4.53. The van der Waals surface area contributed by atoms with Crippen molar-refractivity contribution in [2.75, 3.05) is 6.61 Å². The zero-order chi connectivity index (χ0) is 12.7. The summed E-state index contributed by atoms with van der Waals surface area (Å²) in [4.78, 5) is 0.0667. The first-order valence-corrected chi connectivity index (χ1v) is 6.28. The van der Waals surface area contributed by atoms with E-state index in [1.54, 1.807) is 12.1 Å². The second-order valence-corrected chi connectivity index (χ2v) is 4.35. The molecule has 94 valence electrons. The number of benzene rings is 1. The standard InChI is InChI=1S/C13H18FNOS/c1-2-3-4-5-8-16-10-6-7-11(13(15)17)12(14)9-10/h6-7,9H,2-5,8H2,1H3,(H2,15,17). The van der Waals surface area contributed by atoms with Crippen LogP contribution >= 0.6 is 12.2 Å². The van der Waals surface area contributed by atoms with Crippen LogP contribution < -0.4 is 10.5 Å². The minimum absolute atomic E-state index is 0.0667. The van der Waals surface area contributed by atoms with Crippen molar-refractivity contribution in [3.05, 3.63) is 29.6 Å². The number of hydrogen-bond acceptors (Lipinski definition) is 2. The molecule has 0 unspecified atom stereocenters. The summed E-state index contributed by atoms with van der Waals surface area (Å²) in [7, 11) is 0. The van der Waals surface area contributed by atoms with E-state index in [9.17, 15) is 4.39 Å². The molecule has 0 fully saturated rings. The minimum Gasteiger partial charge on any atom is -0.493 e. The van der Waals surface area contributed by atoms with Gasteiger partial charge in [-0.1, -0.05) is 38.4 Å². The Morgan fingerprint density at radius 3 is 2.71 bits per heavy atom. The predicted molar refractivity (Wildman–Crippen MR) is 71.9 cm³/mol. The fourth-order valence-corrected chi connectivity index (χ4v) is 1.67. The van der Waals surface area contributed by atoms with Crippen LogP contribution in [0.4, 0.5) is 4.39 Å². The molecule has 0 bridgehead atoms. The van der Waals surface area contributed by atoms with Gasteiger partial charge in [-0.2, -0.15) is 0 Å². The number of hydrogen-bond donors (Lipinski definition) is 1. The third kappa shape index (κ3) is 4.69. The monoisotopic (exact) mass is 255 g/mol. The first-order chi connectivity index (χ1) is 8.15. The van der Waals surface area contributed by atoms with Gasteiger partial charge in [0, 0.05) is 11.6 Å². The van der Waals surface area contributed by atoms with Gasteiger partial charge in [-0.05, 0) is 18.6 Å². The molecule has 17 heavy (non-hydrogen) atoms. The van der Waals surface area contributed by atoms with Gasteiger partial charge in [0.1, 0.15) is 16.6 Å². The number of ether oxygens (including phenoxy) is 1. The van der Waals surface area contributed by atoms with Crippen LogP contribution in [-0.2, 0) is 0 Å². The summed E-state index contributed by atoms with van der Waals surface area (Å²) in [5.41, 5.74) is 5.63. The van der Waals surface area contributed by atoms with E-state index in [4.69, 9.17) is 22.7 Å². The zero-order valence-electron chi connectivity index (χ0n) is 10.0. The molecule has 0 radical (unpaired) electrons. The fraction of sp³-hybridized carbons (Fsp3) is 0.462. The van der Waals surface area contributed by atoms with Gasteiger partial charge in [0.15, 0.2) is 0 Å². The number of halogens is 1. The molecule has 0 amide bonds. The van der Waals surface area contributed by atoms with Crippen LogP contribution in [0.3, 0.4) is 0 Å². The molecule has 0 atom stereocenters. The van der Waals surface area contributed by atoms with Crippen LogP contribution in [0.2, 0.25) is 0 Å². The van der Waals surface area contributed by atoms with Gasteiger partial charge >= 0.3 is 0 Å². The van der Waals surface area contributed by atoms with Crippen molar-refractivity contribution in [3.8, 4) is 5.75 Å². The predicted octanol–water partition coefficient (Wildman–Crippen LogP) is 3.42. The molecule has 0 saturated heterocycles. The summed E-state index contributed by atoms with van der Waals surface area (Å²) in [5.74, 6) is 0.0996. The molecule has 0 saturated carbocycles. The quantitative estimate of drug-likeness (QED) is 0.599. The van der Waals surface area contributed by atoms with Crippen molar-refractivity contribution in [1.29, 1.82) is 0 Å². The molecule has 1 aromatic rings. The molecule has 2 N–H and O–H groups in total. The van der Waals surface area contributed by atoms with Gasteiger partial charge in [-0.25, -0.2) is 4.39 Å². The van der Waals surface area contributed by atoms with E-state index in [1.165, 1.54) is 18.9 Å². The highest BCUT2D eigenvalue weighted by molar-refractivity contribution is 7.80. The van der Waals surface area contributed by atoms with Crippen molar-refractivity contribution in [2.45, 2.75) is 32.6 Å². The van der Waals surface area contributed by atoms with Crippen molar-refractivity contribution in [1.82, 2.24) is 0 Å². The van der Waals surface area contributed by atoms with Crippen molar-refractivity contribution >= 4 is 17.2 Å². The average molecular weight is 255 g/mol. The molecule has 0 aliphatic carbocycles. The fourth-order valence-electron chi connectivity index (χ4n) is 1.50. The maximum absolute atomic E-state index is 13.5. The van der Waals surface area contributed by atoms with Gasteiger partial charge in [0.25, 0.3) is 0 Å². The van der Waals surface area contributed by atoms with E-state index in [2.05, 4.69) is 6.92 Å². The smallest absolute Gasteiger partial charge is 0.137 e. The highest BCUT2D eigenvalue weighted by Gasteiger charge is 2.06. The Balaban J connectivity index is 2.45. The summed E-state index contributed by atoms with van der Waals surface area (Å²) in [5, 5.41) is 0. The van der Waals surface area contributed by atoms with Crippen LogP contribution in [0.15, 0.2) is 18.2 Å². The highest BCUT2D eigenvalue weighted by Crippen LogP contribution is 2.17. The number of nitrogens with two attached hydrogens (primary N) is 1. The third-order valence-electron chi connectivity index (χ3n) is 2.47. The largest absolute Gasteiger partial charge is 0.493 e. The first kappa shape index (κ1) is 13.9. The third-order valence-corrected chi connectivity index (χ3v) is 2.69. The Labute approximate surface area is 107 Å². The van der Waals surface area contributed by atoms with Crippen LogP contribution in [0.25, 0.3) is 0 Å². The maximum Gasteiger partial charge on any atom is 0.137 e. The Kier molecular flexibility index (Phi) is 5.91. The average Bonchev–Trinajstić information content (AvgIpc) is 2.28. The van der Waals surface area contributed by atoms with E-state index < -0.39 is 5.82 Å². The number of rotatable bonds is 7.